The molecule has 0 aliphatic heterocycles. The van der Waals surface area contributed by atoms with Gasteiger partial charge in [-0.1, -0.05) is 47.7 Å². The Bertz CT molecular complexity index is 1190. The van der Waals surface area contributed by atoms with Gasteiger partial charge in [-0.3, -0.25) is 9.59 Å². The van der Waals surface area contributed by atoms with Crippen molar-refractivity contribution in [2.24, 2.45) is 0 Å². The summed E-state index contributed by atoms with van der Waals surface area (Å²) in [5.74, 6) is 0.261. The predicted octanol–water partition coefficient (Wildman–Crippen LogP) is 4.32. The molecule has 0 atom stereocenters. The first-order valence-corrected chi connectivity index (χ1v) is 12.6. The first kappa shape index (κ1) is 23.7. The fraction of sp³-hybridized carbons (Fsp3) is 0.250. The number of unbranched alkanes of at least 4 members (excludes halogenated alkanes) is 1. The van der Waals surface area contributed by atoms with Crippen LogP contribution in [0.4, 0.5) is 10.9 Å². The first-order valence-electron chi connectivity index (χ1n) is 10.9. The molecule has 174 valence electrons. The first-order chi connectivity index (χ1) is 16.6. The summed E-state index contributed by atoms with van der Waals surface area (Å²) in [4.78, 5) is 25.2. The summed E-state index contributed by atoms with van der Waals surface area (Å²) in [5.41, 5.74) is 1.84. The highest BCUT2D eigenvalue weighted by molar-refractivity contribution is 7.15. The molecule has 0 saturated heterocycles. The zero-order chi connectivity index (χ0) is 23.6. The monoisotopic (exact) mass is 492 g/mol. The number of hydrogen-bond acceptors (Lipinski definition) is 8. The van der Waals surface area contributed by atoms with E-state index in [4.69, 9.17) is 0 Å². The van der Waals surface area contributed by atoms with Gasteiger partial charge in [0.15, 0.2) is 5.82 Å². The zero-order valence-electron chi connectivity index (χ0n) is 18.4. The Morgan fingerprint density at radius 3 is 2.35 bits per heavy atom. The molecular formula is C24H24N6O2S2. The Morgan fingerprint density at radius 2 is 1.59 bits per heavy atom. The van der Waals surface area contributed by atoms with E-state index in [0.29, 0.717) is 23.8 Å². The average molecular weight is 493 g/mol. The maximum atomic E-state index is 12.2. The Kier molecular flexibility index (Phi) is 8.42. The van der Waals surface area contributed by atoms with Crippen LogP contribution >= 0.6 is 22.7 Å². The molecule has 8 nitrogen and oxygen atoms in total. The number of nitrogens with zero attached hydrogens (tertiary/aromatic N) is 4. The number of nitrogens with one attached hydrogen (secondary N) is 2. The molecule has 3 heterocycles. The van der Waals surface area contributed by atoms with Crippen LogP contribution < -0.4 is 10.6 Å². The molecule has 34 heavy (non-hydrogen) atoms. The minimum atomic E-state index is -0.0998. The van der Waals surface area contributed by atoms with E-state index in [2.05, 4.69) is 31.0 Å². The van der Waals surface area contributed by atoms with Crippen molar-refractivity contribution in [1.29, 1.82) is 0 Å². The van der Waals surface area contributed by atoms with E-state index in [1.165, 1.54) is 11.3 Å². The third kappa shape index (κ3) is 7.53. The van der Waals surface area contributed by atoms with Gasteiger partial charge in [0.2, 0.25) is 16.9 Å². The van der Waals surface area contributed by atoms with Crippen LogP contribution in [0.25, 0.3) is 0 Å². The van der Waals surface area contributed by atoms with Gasteiger partial charge in [-0.15, -0.1) is 26.6 Å². The lowest BCUT2D eigenvalue weighted by molar-refractivity contribution is -0.116. The largest absolute Gasteiger partial charge is 0.309 e. The lowest BCUT2D eigenvalue weighted by Crippen LogP contribution is -2.15. The Morgan fingerprint density at radius 1 is 0.765 bits per heavy atom. The Hall–Kier alpha value is -3.50. The molecule has 4 aromatic rings. The lowest BCUT2D eigenvalue weighted by Gasteiger charge is -2.04. The maximum absolute atomic E-state index is 12.2. The van der Waals surface area contributed by atoms with E-state index in [9.17, 15) is 9.59 Å². The van der Waals surface area contributed by atoms with Crippen LogP contribution in [-0.4, -0.2) is 32.2 Å². The molecule has 1 aromatic carbocycles. The highest BCUT2D eigenvalue weighted by Crippen LogP contribution is 2.18. The quantitative estimate of drug-likeness (QED) is 0.302. The van der Waals surface area contributed by atoms with E-state index >= 15 is 0 Å². The number of benzene rings is 1. The summed E-state index contributed by atoms with van der Waals surface area (Å²) < 4.78 is 0. The highest BCUT2D eigenvalue weighted by Gasteiger charge is 2.10. The highest BCUT2D eigenvalue weighted by atomic mass is 32.1. The second-order valence-corrected chi connectivity index (χ2v) is 9.73. The molecule has 2 amide bonds. The molecule has 2 N–H and O–H groups in total. The van der Waals surface area contributed by atoms with Crippen molar-refractivity contribution in [3.05, 3.63) is 81.1 Å². The third-order valence-corrected chi connectivity index (χ3v) is 6.67. The van der Waals surface area contributed by atoms with Gasteiger partial charge in [0.05, 0.1) is 18.5 Å². The average Bonchev–Trinajstić information content (AvgIpc) is 3.50. The minimum Gasteiger partial charge on any atom is -0.309 e. The molecule has 0 spiro atoms. The van der Waals surface area contributed by atoms with Crippen LogP contribution in [0.1, 0.15) is 34.0 Å². The molecule has 0 aliphatic carbocycles. The van der Waals surface area contributed by atoms with Crippen molar-refractivity contribution in [3.63, 3.8) is 0 Å². The van der Waals surface area contributed by atoms with E-state index in [1.807, 2.05) is 53.9 Å². The number of carbonyl (C=O) groups excluding carboxylic acids is 2. The van der Waals surface area contributed by atoms with Crippen molar-refractivity contribution < 1.29 is 9.59 Å². The molecule has 0 bridgehead atoms. The van der Waals surface area contributed by atoms with Gasteiger partial charge >= 0.3 is 0 Å². The Labute approximate surface area is 205 Å². The van der Waals surface area contributed by atoms with E-state index in [0.717, 1.165) is 46.8 Å². The van der Waals surface area contributed by atoms with Gasteiger partial charge < -0.3 is 10.6 Å². The van der Waals surface area contributed by atoms with Crippen LogP contribution in [0.3, 0.4) is 0 Å². The van der Waals surface area contributed by atoms with E-state index in [1.54, 1.807) is 17.4 Å². The number of thiophene rings is 1. The van der Waals surface area contributed by atoms with Gasteiger partial charge in [0.1, 0.15) is 5.01 Å². The molecule has 0 unspecified atom stereocenters. The topological polar surface area (TPSA) is 110 Å². The van der Waals surface area contributed by atoms with Crippen molar-refractivity contribution in [1.82, 2.24) is 20.4 Å². The van der Waals surface area contributed by atoms with Gasteiger partial charge in [0, 0.05) is 11.3 Å². The fourth-order valence-corrected chi connectivity index (χ4v) is 4.75. The van der Waals surface area contributed by atoms with Gasteiger partial charge in [-0.25, -0.2) is 0 Å². The normalized spacial score (nSPS) is 10.7. The van der Waals surface area contributed by atoms with Gasteiger partial charge in [0.25, 0.3) is 0 Å². The predicted molar refractivity (Wildman–Crippen MR) is 134 cm³/mol. The van der Waals surface area contributed by atoms with Crippen LogP contribution in [0.2, 0.25) is 0 Å². The standard InChI is InChI=1S/C24H24N6O2S2/c31-21(15-17-7-2-1-3-8-17)26-24-30-29-23(34-24)11-5-4-9-18-12-13-20(28-27-18)25-22(32)16-19-10-6-14-33-19/h1-3,6-8,10,12-14H,4-5,9,11,15-16H2,(H,25,28,32)(H,26,30,31). The zero-order valence-corrected chi connectivity index (χ0v) is 20.1. The second kappa shape index (κ2) is 12.1. The van der Waals surface area contributed by atoms with Crippen LogP contribution in [0.15, 0.2) is 60.0 Å². The molecule has 0 radical (unpaired) electrons. The molecule has 0 fully saturated rings. The van der Waals surface area contributed by atoms with Crippen LogP contribution in [0, 0.1) is 0 Å². The lowest BCUT2D eigenvalue weighted by atomic mass is 10.1. The third-order valence-electron chi connectivity index (χ3n) is 4.90. The minimum absolute atomic E-state index is 0.0985. The Balaban J connectivity index is 1.14. The summed E-state index contributed by atoms with van der Waals surface area (Å²) in [7, 11) is 0. The number of amides is 2. The maximum Gasteiger partial charge on any atom is 0.230 e. The summed E-state index contributed by atoms with van der Waals surface area (Å²) >= 11 is 2.96. The summed E-state index contributed by atoms with van der Waals surface area (Å²) in [6.07, 6.45) is 4.08. The number of carbonyl (C=O) groups is 2. The molecule has 3 aromatic heterocycles. The second-order valence-electron chi connectivity index (χ2n) is 7.63. The summed E-state index contributed by atoms with van der Waals surface area (Å²) in [6.45, 7) is 0. The number of rotatable bonds is 11. The molecule has 0 saturated carbocycles. The SMILES string of the molecule is O=C(Cc1cccs1)Nc1ccc(CCCCc2nnc(NC(=O)Cc3ccccc3)s2)nn1. The molecular weight excluding hydrogens is 468 g/mol. The van der Waals surface area contributed by atoms with Crippen molar-refractivity contribution >= 4 is 45.4 Å². The van der Waals surface area contributed by atoms with Crippen molar-refractivity contribution in [3.8, 4) is 0 Å². The summed E-state index contributed by atoms with van der Waals surface area (Å²) in [6, 6.07) is 17.1. The van der Waals surface area contributed by atoms with Gasteiger partial charge in [-0.05, 0) is 48.4 Å². The van der Waals surface area contributed by atoms with Crippen LogP contribution in [0.5, 0.6) is 0 Å². The smallest absolute Gasteiger partial charge is 0.230 e. The van der Waals surface area contributed by atoms with Crippen LogP contribution in [-0.2, 0) is 35.3 Å². The summed E-state index contributed by atoms with van der Waals surface area (Å²) in [5, 5.41) is 25.5. The molecule has 10 heteroatoms. The number of aryl methyl sites for hydroxylation is 2. The van der Waals surface area contributed by atoms with Gasteiger partial charge in [-0.2, -0.15) is 5.10 Å². The van der Waals surface area contributed by atoms with Crippen molar-refractivity contribution in [2.75, 3.05) is 10.6 Å². The number of aromatic nitrogens is 4. The number of hydrogen-bond donors (Lipinski definition) is 2. The molecule has 4 rings (SSSR count). The van der Waals surface area contributed by atoms with E-state index < -0.39 is 0 Å². The number of anilines is 2. The van der Waals surface area contributed by atoms with Crippen molar-refractivity contribution in [2.45, 2.75) is 38.5 Å². The van der Waals surface area contributed by atoms with E-state index in [-0.39, 0.29) is 11.8 Å². The molecule has 0 aliphatic rings. The fourth-order valence-electron chi connectivity index (χ4n) is 3.25.